The van der Waals surface area contributed by atoms with Crippen molar-refractivity contribution in [2.75, 3.05) is 0 Å². The summed E-state index contributed by atoms with van der Waals surface area (Å²) in [5.41, 5.74) is 0. The first-order valence-corrected chi connectivity index (χ1v) is 6.74. The average molecular weight is 194 g/mol. The second-order valence-electron chi connectivity index (χ2n) is 5.48. The second-order valence-corrected chi connectivity index (χ2v) is 5.48. The van der Waals surface area contributed by atoms with Gasteiger partial charge in [0, 0.05) is 0 Å². The first-order valence-electron chi connectivity index (χ1n) is 6.74. The molecule has 0 aromatic rings. The van der Waals surface area contributed by atoms with Gasteiger partial charge in [0.25, 0.3) is 0 Å². The topological polar surface area (TPSA) is 0 Å². The third kappa shape index (κ3) is 4.06. The molecule has 1 heteroatoms. The SMILES string of the molecule is CCCC(C)B(C)CC1CCCCC1. The van der Waals surface area contributed by atoms with Crippen molar-refractivity contribution in [2.24, 2.45) is 5.92 Å². The molecule has 1 saturated carbocycles. The average Bonchev–Trinajstić information content (AvgIpc) is 2.19. The Kier molecular flexibility index (Phi) is 5.66. The van der Waals surface area contributed by atoms with Crippen molar-refractivity contribution >= 4 is 6.71 Å². The van der Waals surface area contributed by atoms with Gasteiger partial charge in [0.2, 0.25) is 0 Å². The number of rotatable bonds is 5. The van der Waals surface area contributed by atoms with Crippen molar-refractivity contribution in [1.82, 2.24) is 0 Å². The molecular formula is C13H27B. The van der Waals surface area contributed by atoms with Crippen LogP contribution < -0.4 is 0 Å². The maximum absolute atomic E-state index is 2.47. The van der Waals surface area contributed by atoms with Gasteiger partial charge in [-0.15, -0.1) is 0 Å². The van der Waals surface area contributed by atoms with Crippen molar-refractivity contribution in [3.05, 3.63) is 0 Å². The van der Waals surface area contributed by atoms with Crippen LogP contribution in [-0.2, 0) is 0 Å². The largest absolute Gasteiger partial charge is 0.139 e. The smallest absolute Gasteiger partial charge is 0.0859 e. The lowest BCUT2D eigenvalue weighted by atomic mass is 9.38. The summed E-state index contributed by atoms with van der Waals surface area (Å²) < 4.78 is 0. The first kappa shape index (κ1) is 12.1. The molecule has 1 unspecified atom stereocenters. The van der Waals surface area contributed by atoms with Crippen molar-refractivity contribution in [3.8, 4) is 0 Å². The maximum Gasteiger partial charge on any atom is 0.139 e. The zero-order chi connectivity index (χ0) is 10.4. The summed E-state index contributed by atoms with van der Waals surface area (Å²) in [7, 11) is 0. The molecule has 1 rings (SSSR count). The minimum atomic E-state index is 0.946. The normalized spacial score (nSPS) is 20.8. The van der Waals surface area contributed by atoms with E-state index in [1.807, 2.05) is 0 Å². The van der Waals surface area contributed by atoms with Crippen LogP contribution in [0.25, 0.3) is 0 Å². The van der Waals surface area contributed by atoms with E-state index < -0.39 is 0 Å². The summed E-state index contributed by atoms with van der Waals surface area (Å²) >= 11 is 0. The lowest BCUT2D eigenvalue weighted by molar-refractivity contribution is 0.382. The maximum atomic E-state index is 2.47. The van der Waals surface area contributed by atoms with Gasteiger partial charge in [0.05, 0.1) is 0 Å². The van der Waals surface area contributed by atoms with E-state index in [1.165, 1.54) is 51.3 Å². The molecule has 82 valence electrons. The van der Waals surface area contributed by atoms with Gasteiger partial charge in [-0.25, -0.2) is 0 Å². The molecule has 0 saturated heterocycles. The molecule has 0 radical (unpaired) electrons. The Hall–Kier alpha value is 0.0649. The molecule has 1 aliphatic rings. The molecule has 1 fully saturated rings. The minimum Gasteiger partial charge on any atom is -0.0859 e. The van der Waals surface area contributed by atoms with Crippen LogP contribution in [0.4, 0.5) is 0 Å². The molecule has 0 N–H and O–H groups in total. The number of hydrogen-bond acceptors (Lipinski definition) is 0. The van der Waals surface area contributed by atoms with E-state index in [4.69, 9.17) is 0 Å². The van der Waals surface area contributed by atoms with Gasteiger partial charge >= 0.3 is 0 Å². The minimum absolute atomic E-state index is 0.946. The highest BCUT2D eigenvalue weighted by molar-refractivity contribution is 6.58. The van der Waals surface area contributed by atoms with Gasteiger partial charge in [-0.2, -0.15) is 0 Å². The molecule has 14 heavy (non-hydrogen) atoms. The van der Waals surface area contributed by atoms with Crippen molar-refractivity contribution in [1.29, 1.82) is 0 Å². The Labute approximate surface area is 90.9 Å². The molecule has 0 heterocycles. The third-order valence-electron chi connectivity index (χ3n) is 4.15. The Morgan fingerprint density at radius 1 is 1.21 bits per heavy atom. The molecule has 0 bridgehead atoms. The molecule has 0 spiro atoms. The van der Waals surface area contributed by atoms with Crippen LogP contribution in [0.1, 0.15) is 58.8 Å². The van der Waals surface area contributed by atoms with E-state index in [-0.39, 0.29) is 0 Å². The molecule has 0 aliphatic heterocycles. The van der Waals surface area contributed by atoms with Crippen LogP contribution >= 0.6 is 0 Å². The predicted molar refractivity (Wildman–Crippen MR) is 67.3 cm³/mol. The molecule has 0 aromatic heterocycles. The molecule has 0 amide bonds. The molecule has 0 aromatic carbocycles. The van der Waals surface area contributed by atoms with Crippen LogP contribution in [0.2, 0.25) is 19.0 Å². The first-order chi connectivity index (χ1) is 6.74. The van der Waals surface area contributed by atoms with Gasteiger partial charge in [-0.1, -0.05) is 77.8 Å². The van der Waals surface area contributed by atoms with Gasteiger partial charge < -0.3 is 0 Å². The number of hydrogen-bond donors (Lipinski definition) is 0. The predicted octanol–water partition coefficient (Wildman–Crippen LogP) is 4.88. The van der Waals surface area contributed by atoms with E-state index in [1.54, 1.807) is 0 Å². The van der Waals surface area contributed by atoms with E-state index >= 15 is 0 Å². The fraction of sp³-hybridized carbons (Fsp3) is 1.00. The van der Waals surface area contributed by atoms with Gasteiger partial charge in [-0.05, 0) is 5.92 Å². The zero-order valence-electron chi connectivity index (χ0n) is 10.4. The third-order valence-corrected chi connectivity index (χ3v) is 4.15. The van der Waals surface area contributed by atoms with E-state index in [0.29, 0.717) is 0 Å². The molecule has 1 atom stereocenters. The van der Waals surface area contributed by atoms with Crippen LogP contribution in [0, 0.1) is 5.92 Å². The molecule has 1 aliphatic carbocycles. The summed E-state index contributed by atoms with van der Waals surface area (Å²) in [6.07, 6.45) is 11.8. The van der Waals surface area contributed by atoms with Crippen molar-refractivity contribution in [2.45, 2.75) is 77.8 Å². The van der Waals surface area contributed by atoms with Gasteiger partial charge in [0.15, 0.2) is 0 Å². The van der Waals surface area contributed by atoms with Crippen LogP contribution in [0.3, 0.4) is 0 Å². The molecule has 0 nitrogen and oxygen atoms in total. The summed E-state index contributed by atoms with van der Waals surface area (Å²) in [6.45, 7) is 8.17. The fourth-order valence-electron chi connectivity index (χ4n) is 2.92. The summed E-state index contributed by atoms with van der Waals surface area (Å²) in [5.74, 6) is 2.01. The van der Waals surface area contributed by atoms with E-state index in [9.17, 15) is 0 Å². The van der Waals surface area contributed by atoms with Gasteiger partial charge in [0.1, 0.15) is 6.71 Å². The Morgan fingerprint density at radius 2 is 1.86 bits per heavy atom. The van der Waals surface area contributed by atoms with Crippen LogP contribution in [0.5, 0.6) is 0 Å². The van der Waals surface area contributed by atoms with Crippen LogP contribution in [-0.4, -0.2) is 6.71 Å². The van der Waals surface area contributed by atoms with Crippen molar-refractivity contribution < 1.29 is 0 Å². The standard InChI is InChI=1S/C13H27B/c1-4-8-12(2)14(3)11-13-9-6-5-7-10-13/h12-13H,4-11H2,1-3H3. The lowest BCUT2D eigenvalue weighted by Gasteiger charge is -2.26. The van der Waals surface area contributed by atoms with Crippen LogP contribution in [0.15, 0.2) is 0 Å². The quantitative estimate of drug-likeness (QED) is 0.547. The highest BCUT2D eigenvalue weighted by Crippen LogP contribution is 2.31. The van der Waals surface area contributed by atoms with Crippen molar-refractivity contribution in [3.63, 3.8) is 0 Å². The summed E-state index contributed by atoms with van der Waals surface area (Å²) in [6, 6.07) is 0. The second kappa shape index (κ2) is 6.53. The zero-order valence-corrected chi connectivity index (χ0v) is 10.4. The summed E-state index contributed by atoms with van der Waals surface area (Å²) in [4.78, 5) is 0. The highest BCUT2D eigenvalue weighted by atomic mass is 14.2. The monoisotopic (exact) mass is 194 g/mol. The van der Waals surface area contributed by atoms with Gasteiger partial charge in [-0.3, -0.25) is 0 Å². The fourth-order valence-corrected chi connectivity index (χ4v) is 2.92. The van der Waals surface area contributed by atoms with E-state index in [0.717, 1.165) is 18.4 Å². The van der Waals surface area contributed by atoms with E-state index in [2.05, 4.69) is 20.7 Å². The Bertz CT molecular complexity index is 138. The Balaban J connectivity index is 2.20. The summed E-state index contributed by atoms with van der Waals surface area (Å²) in [5, 5.41) is 0. The lowest BCUT2D eigenvalue weighted by Crippen LogP contribution is -2.20. The Morgan fingerprint density at radius 3 is 2.43 bits per heavy atom. The highest BCUT2D eigenvalue weighted by Gasteiger charge is 2.21. The molecular weight excluding hydrogens is 167 g/mol.